The minimum absolute atomic E-state index is 0.0756. The lowest BCUT2D eigenvalue weighted by atomic mass is 9.82. The predicted octanol–water partition coefficient (Wildman–Crippen LogP) is 14.8. The molecule has 1 aliphatic rings. The topological polar surface area (TPSA) is 3.24 Å². The van der Waals surface area contributed by atoms with Crippen LogP contribution in [0.4, 0.5) is 17.1 Å². The van der Waals surface area contributed by atoms with Gasteiger partial charge in [0.2, 0.25) is 0 Å². The van der Waals surface area contributed by atoms with E-state index in [1.807, 2.05) is 11.3 Å². The summed E-state index contributed by atoms with van der Waals surface area (Å²) in [6, 6.07) is 69.1. The highest BCUT2D eigenvalue weighted by Gasteiger charge is 2.36. The second kappa shape index (κ2) is 12.5. The first-order chi connectivity index (χ1) is 26.1. The molecular weight excluding hydrogens is 659 g/mol. The Morgan fingerprint density at radius 2 is 0.981 bits per heavy atom. The Hall–Kier alpha value is -6.22. The van der Waals surface area contributed by atoms with E-state index in [2.05, 4.69) is 207 Å². The first kappa shape index (κ1) is 31.5. The van der Waals surface area contributed by atoms with Crippen LogP contribution in [0.2, 0.25) is 0 Å². The fourth-order valence-corrected chi connectivity index (χ4v) is 9.81. The van der Waals surface area contributed by atoms with Crippen molar-refractivity contribution < 1.29 is 0 Å². The third-order valence-electron chi connectivity index (χ3n) is 11.1. The van der Waals surface area contributed by atoms with Gasteiger partial charge < -0.3 is 4.90 Å². The highest BCUT2D eigenvalue weighted by molar-refractivity contribution is 7.26. The minimum atomic E-state index is -0.0756. The Bertz CT molecular complexity index is 2810. The molecule has 252 valence electrons. The van der Waals surface area contributed by atoms with Gasteiger partial charge in [-0.1, -0.05) is 172 Å². The molecule has 1 nitrogen and oxygen atoms in total. The Morgan fingerprint density at radius 3 is 1.77 bits per heavy atom. The van der Waals surface area contributed by atoms with Crippen LogP contribution in [0.15, 0.2) is 188 Å². The van der Waals surface area contributed by atoms with E-state index in [1.54, 1.807) is 0 Å². The molecule has 0 saturated heterocycles. The van der Waals surface area contributed by atoms with Gasteiger partial charge in [0, 0.05) is 32.1 Å². The SMILES string of the molecule is CC1(C)c2ccccc2-c2cc(N(c3cccc(-c4ccccc4)c3-c3ccccc3-c3ccccc3)c3cccc4c3sc3ccccc34)ccc21. The van der Waals surface area contributed by atoms with E-state index in [4.69, 9.17) is 0 Å². The van der Waals surface area contributed by atoms with Crippen molar-refractivity contribution in [3.05, 3.63) is 199 Å². The maximum atomic E-state index is 2.54. The summed E-state index contributed by atoms with van der Waals surface area (Å²) in [6.45, 7) is 4.71. The van der Waals surface area contributed by atoms with E-state index in [0.29, 0.717) is 0 Å². The van der Waals surface area contributed by atoms with Crippen molar-refractivity contribution in [1.82, 2.24) is 0 Å². The molecule has 53 heavy (non-hydrogen) atoms. The molecule has 10 rings (SSSR count). The number of anilines is 3. The second-order valence-corrected chi connectivity index (χ2v) is 15.5. The van der Waals surface area contributed by atoms with Crippen molar-refractivity contribution in [3.8, 4) is 44.5 Å². The third kappa shape index (κ3) is 5.05. The largest absolute Gasteiger partial charge is 0.308 e. The van der Waals surface area contributed by atoms with Gasteiger partial charge >= 0.3 is 0 Å². The Labute approximate surface area is 315 Å². The smallest absolute Gasteiger partial charge is 0.0640 e. The number of nitrogens with zero attached hydrogens (tertiary/aromatic N) is 1. The molecular formula is C51H37NS. The lowest BCUT2D eigenvalue weighted by molar-refractivity contribution is 0.660. The molecule has 0 N–H and O–H groups in total. The van der Waals surface area contributed by atoms with E-state index in [-0.39, 0.29) is 5.41 Å². The molecule has 2 heteroatoms. The van der Waals surface area contributed by atoms with Crippen molar-refractivity contribution in [2.75, 3.05) is 4.90 Å². The summed E-state index contributed by atoms with van der Waals surface area (Å²) in [6.07, 6.45) is 0. The molecule has 0 radical (unpaired) electrons. The zero-order valence-electron chi connectivity index (χ0n) is 29.8. The summed E-state index contributed by atoms with van der Waals surface area (Å²) < 4.78 is 2.58. The molecule has 0 saturated carbocycles. The van der Waals surface area contributed by atoms with Crippen LogP contribution in [-0.2, 0) is 5.41 Å². The van der Waals surface area contributed by atoms with Gasteiger partial charge in [0.1, 0.15) is 0 Å². The average Bonchev–Trinajstić information content (AvgIpc) is 3.71. The minimum Gasteiger partial charge on any atom is -0.308 e. The van der Waals surface area contributed by atoms with Crippen LogP contribution in [0.5, 0.6) is 0 Å². The first-order valence-electron chi connectivity index (χ1n) is 18.4. The maximum absolute atomic E-state index is 2.54. The summed E-state index contributed by atoms with van der Waals surface area (Å²) in [5.74, 6) is 0. The number of fused-ring (bicyclic) bond motifs is 6. The average molecular weight is 696 g/mol. The lowest BCUT2D eigenvalue weighted by Crippen LogP contribution is -2.15. The summed E-state index contributed by atoms with van der Waals surface area (Å²) in [7, 11) is 0. The standard InChI is InChI=1S/C51H37NS/c1-51(2)44-27-13-11-22-39(44)43-33-36(31-32-45(43)51)52(47-29-16-26-42-40-23-12-14-30-48(40)53-50(42)47)46-28-15-25-38(35-19-7-4-8-20-35)49(46)41-24-10-9-21-37(41)34-17-5-3-6-18-34/h3-33H,1-2H3. The quantitative estimate of drug-likeness (QED) is 0.167. The maximum Gasteiger partial charge on any atom is 0.0640 e. The van der Waals surface area contributed by atoms with Crippen molar-refractivity contribution in [1.29, 1.82) is 0 Å². The van der Waals surface area contributed by atoms with Gasteiger partial charge in [-0.05, 0) is 80.4 Å². The number of rotatable bonds is 6. The molecule has 0 fully saturated rings. The molecule has 1 aliphatic carbocycles. The first-order valence-corrected chi connectivity index (χ1v) is 19.2. The Morgan fingerprint density at radius 1 is 0.415 bits per heavy atom. The van der Waals surface area contributed by atoms with Crippen molar-refractivity contribution in [2.24, 2.45) is 0 Å². The highest BCUT2D eigenvalue weighted by atomic mass is 32.1. The van der Waals surface area contributed by atoms with E-state index in [0.717, 1.165) is 11.4 Å². The van der Waals surface area contributed by atoms with Crippen molar-refractivity contribution >= 4 is 48.6 Å². The van der Waals surface area contributed by atoms with Crippen LogP contribution in [0, 0.1) is 0 Å². The molecule has 1 heterocycles. The normalized spacial score (nSPS) is 12.9. The lowest BCUT2D eigenvalue weighted by Gasteiger charge is -2.31. The van der Waals surface area contributed by atoms with Crippen LogP contribution in [0.3, 0.4) is 0 Å². The molecule has 0 bridgehead atoms. The van der Waals surface area contributed by atoms with E-state index in [9.17, 15) is 0 Å². The molecule has 0 amide bonds. The van der Waals surface area contributed by atoms with Gasteiger partial charge in [0.05, 0.1) is 16.1 Å². The van der Waals surface area contributed by atoms with E-state index < -0.39 is 0 Å². The molecule has 8 aromatic carbocycles. The van der Waals surface area contributed by atoms with Crippen LogP contribution in [0.1, 0.15) is 25.0 Å². The van der Waals surface area contributed by atoms with E-state index >= 15 is 0 Å². The Balaban J connectivity index is 1.32. The predicted molar refractivity (Wildman–Crippen MR) is 228 cm³/mol. The van der Waals surface area contributed by atoms with Gasteiger partial charge in [-0.3, -0.25) is 0 Å². The summed E-state index contributed by atoms with van der Waals surface area (Å²) >= 11 is 1.88. The summed E-state index contributed by atoms with van der Waals surface area (Å²) in [5.41, 5.74) is 16.0. The molecule has 0 aliphatic heterocycles. The van der Waals surface area contributed by atoms with Gasteiger partial charge in [-0.25, -0.2) is 0 Å². The van der Waals surface area contributed by atoms with Crippen LogP contribution in [-0.4, -0.2) is 0 Å². The zero-order valence-corrected chi connectivity index (χ0v) is 30.6. The van der Waals surface area contributed by atoms with Crippen molar-refractivity contribution in [2.45, 2.75) is 19.3 Å². The monoisotopic (exact) mass is 695 g/mol. The Kier molecular flexibility index (Phi) is 7.42. The molecule has 0 atom stereocenters. The number of benzene rings is 8. The number of thiophene rings is 1. The molecule has 9 aromatic rings. The van der Waals surface area contributed by atoms with Crippen LogP contribution >= 0.6 is 11.3 Å². The second-order valence-electron chi connectivity index (χ2n) is 14.5. The number of hydrogen-bond acceptors (Lipinski definition) is 2. The van der Waals surface area contributed by atoms with Crippen molar-refractivity contribution in [3.63, 3.8) is 0 Å². The van der Waals surface area contributed by atoms with Gasteiger partial charge in [0.25, 0.3) is 0 Å². The van der Waals surface area contributed by atoms with Crippen LogP contribution in [0.25, 0.3) is 64.7 Å². The van der Waals surface area contributed by atoms with Gasteiger partial charge in [-0.2, -0.15) is 0 Å². The van der Waals surface area contributed by atoms with Gasteiger partial charge in [0.15, 0.2) is 0 Å². The van der Waals surface area contributed by atoms with Crippen LogP contribution < -0.4 is 4.90 Å². The summed E-state index contributed by atoms with van der Waals surface area (Å²) in [5, 5.41) is 2.58. The molecule has 0 spiro atoms. The third-order valence-corrected chi connectivity index (χ3v) is 12.3. The number of hydrogen-bond donors (Lipinski definition) is 0. The van der Waals surface area contributed by atoms with Gasteiger partial charge in [-0.15, -0.1) is 11.3 Å². The van der Waals surface area contributed by atoms with E-state index in [1.165, 1.54) is 81.5 Å². The highest BCUT2D eigenvalue weighted by Crippen LogP contribution is 2.54. The summed E-state index contributed by atoms with van der Waals surface area (Å²) in [4.78, 5) is 2.54. The molecule has 1 aromatic heterocycles. The zero-order chi connectivity index (χ0) is 35.5. The fraction of sp³-hybridized carbons (Fsp3) is 0.0588. The molecule has 0 unspecified atom stereocenters. The fourth-order valence-electron chi connectivity index (χ4n) is 8.60.